The first-order chi connectivity index (χ1) is 10.0. The van der Waals surface area contributed by atoms with Crippen molar-refractivity contribution < 1.29 is 14.3 Å². The number of ketones is 1. The Morgan fingerprint density at radius 1 is 1.10 bits per heavy atom. The van der Waals surface area contributed by atoms with E-state index in [0.717, 1.165) is 17.2 Å². The van der Waals surface area contributed by atoms with E-state index in [4.69, 9.17) is 0 Å². The number of carbonyl (C=O) groups is 2. The molecule has 21 heavy (non-hydrogen) atoms. The van der Waals surface area contributed by atoms with Gasteiger partial charge in [0.05, 0.1) is 13.5 Å². The highest BCUT2D eigenvalue weighted by Gasteiger charge is 2.19. The summed E-state index contributed by atoms with van der Waals surface area (Å²) in [5.74, 6) is -0.754. The highest BCUT2D eigenvalue weighted by Crippen LogP contribution is 2.21. The van der Waals surface area contributed by atoms with E-state index in [1.165, 1.54) is 12.7 Å². The van der Waals surface area contributed by atoms with Gasteiger partial charge in [0, 0.05) is 11.5 Å². The third-order valence-electron chi connectivity index (χ3n) is 3.75. The summed E-state index contributed by atoms with van der Waals surface area (Å²) in [7, 11) is 1.33. The van der Waals surface area contributed by atoms with Gasteiger partial charge >= 0.3 is 5.97 Å². The molecule has 110 valence electrons. The molecule has 1 atom stereocenters. The summed E-state index contributed by atoms with van der Waals surface area (Å²) < 4.78 is 4.61. The molecule has 2 aromatic rings. The van der Waals surface area contributed by atoms with Crippen molar-refractivity contribution >= 4 is 22.5 Å². The van der Waals surface area contributed by atoms with Crippen LogP contribution >= 0.6 is 0 Å². The second-order valence-corrected chi connectivity index (χ2v) is 5.30. The Morgan fingerprint density at radius 2 is 1.76 bits per heavy atom. The van der Waals surface area contributed by atoms with Crippen LogP contribution in [0.25, 0.3) is 10.8 Å². The molecule has 0 saturated heterocycles. The lowest BCUT2D eigenvalue weighted by Gasteiger charge is -2.10. The van der Waals surface area contributed by atoms with Gasteiger partial charge in [-0.25, -0.2) is 0 Å². The Kier molecular flexibility index (Phi) is 4.73. The minimum atomic E-state index is -0.371. The molecule has 0 N–H and O–H groups in total. The molecule has 0 aliphatic carbocycles. The molecule has 0 aromatic heterocycles. The van der Waals surface area contributed by atoms with Gasteiger partial charge in [-0.05, 0) is 28.8 Å². The molecule has 0 aliphatic rings. The number of rotatable bonds is 5. The van der Waals surface area contributed by atoms with Crippen LogP contribution in [0.5, 0.6) is 0 Å². The Morgan fingerprint density at radius 3 is 2.43 bits per heavy atom. The number of methoxy groups -OCH3 is 1. The summed E-state index contributed by atoms with van der Waals surface area (Å²) in [6.45, 7) is 3.87. The summed E-state index contributed by atoms with van der Waals surface area (Å²) in [4.78, 5) is 23.6. The second-order valence-electron chi connectivity index (χ2n) is 5.30. The fourth-order valence-electron chi connectivity index (χ4n) is 2.38. The average molecular weight is 284 g/mol. The van der Waals surface area contributed by atoms with Gasteiger partial charge in [-0.15, -0.1) is 0 Å². The minimum Gasteiger partial charge on any atom is -0.469 e. The summed E-state index contributed by atoms with van der Waals surface area (Å²) in [6.07, 6.45) is 1.11. The number of fused-ring (bicyclic) bond motifs is 1. The van der Waals surface area contributed by atoms with Gasteiger partial charge < -0.3 is 4.74 Å². The van der Waals surface area contributed by atoms with Crippen molar-refractivity contribution in [2.45, 2.75) is 26.7 Å². The van der Waals surface area contributed by atoms with Crippen molar-refractivity contribution in [2.75, 3.05) is 7.11 Å². The highest BCUT2D eigenvalue weighted by molar-refractivity contribution is 6.02. The molecule has 0 fully saturated rings. The van der Waals surface area contributed by atoms with Crippen molar-refractivity contribution in [3.05, 3.63) is 47.5 Å². The Labute approximate surface area is 124 Å². The zero-order valence-electron chi connectivity index (χ0n) is 12.7. The fourth-order valence-corrected chi connectivity index (χ4v) is 2.38. The number of Topliss-reactive ketones (excluding diaryl/α,β-unsaturated/α-hetero) is 1. The summed E-state index contributed by atoms with van der Waals surface area (Å²) in [6, 6.07) is 11.9. The van der Waals surface area contributed by atoms with E-state index >= 15 is 0 Å². The monoisotopic (exact) mass is 284 g/mol. The fraction of sp³-hybridized carbons (Fsp3) is 0.333. The normalized spacial score (nSPS) is 12.1. The van der Waals surface area contributed by atoms with Crippen LogP contribution in [0, 0.1) is 5.92 Å². The number of hydrogen-bond acceptors (Lipinski definition) is 3. The third kappa shape index (κ3) is 3.48. The van der Waals surface area contributed by atoms with Crippen molar-refractivity contribution in [2.24, 2.45) is 5.92 Å². The van der Waals surface area contributed by atoms with Crippen molar-refractivity contribution in [3.8, 4) is 0 Å². The third-order valence-corrected chi connectivity index (χ3v) is 3.75. The molecule has 1 unspecified atom stereocenters. The molecule has 3 heteroatoms. The predicted octanol–water partition coefficient (Wildman–Crippen LogP) is 3.78. The molecule has 3 nitrogen and oxygen atoms in total. The standard InChI is InChI=1S/C18H20O3/c1-4-13-5-6-15-11-16(8-7-14(15)10-13)18(20)12(2)9-17(19)21-3/h5-8,10-12H,4,9H2,1-3H3. The number of hydrogen-bond donors (Lipinski definition) is 0. The number of esters is 1. The van der Waals surface area contributed by atoms with E-state index < -0.39 is 0 Å². The van der Waals surface area contributed by atoms with E-state index in [1.807, 2.05) is 24.3 Å². The Balaban J connectivity index is 2.26. The van der Waals surface area contributed by atoms with Crippen LogP contribution in [0.4, 0.5) is 0 Å². The summed E-state index contributed by atoms with van der Waals surface area (Å²) in [5.41, 5.74) is 1.92. The number of carbonyl (C=O) groups excluding carboxylic acids is 2. The second kappa shape index (κ2) is 6.53. The van der Waals surface area contributed by atoms with Gasteiger partial charge in [-0.3, -0.25) is 9.59 Å². The molecular weight excluding hydrogens is 264 g/mol. The van der Waals surface area contributed by atoms with Gasteiger partial charge in [0.2, 0.25) is 0 Å². The van der Waals surface area contributed by atoms with Crippen LogP contribution in [0.15, 0.2) is 36.4 Å². The van der Waals surface area contributed by atoms with Gasteiger partial charge in [-0.2, -0.15) is 0 Å². The first-order valence-electron chi connectivity index (χ1n) is 7.19. The van der Waals surface area contributed by atoms with Crippen molar-refractivity contribution in [1.29, 1.82) is 0 Å². The van der Waals surface area contributed by atoms with Crippen LogP contribution in [0.1, 0.15) is 36.2 Å². The van der Waals surface area contributed by atoms with E-state index in [1.54, 1.807) is 6.92 Å². The smallest absolute Gasteiger partial charge is 0.306 e. The van der Waals surface area contributed by atoms with Gasteiger partial charge in [-0.1, -0.05) is 44.2 Å². The lowest BCUT2D eigenvalue weighted by Crippen LogP contribution is -2.16. The highest BCUT2D eigenvalue weighted by atomic mass is 16.5. The Hall–Kier alpha value is -2.16. The quantitative estimate of drug-likeness (QED) is 0.620. The number of ether oxygens (including phenoxy) is 1. The van der Waals surface area contributed by atoms with Crippen LogP contribution in [0.2, 0.25) is 0 Å². The topological polar surface area (TPSA) is 43.4 Å². The maximum Gasteiger partial charge on any atom is 0.306 e. The molecular formula is C18H20O3. The van der Waals surface area contributed by atoms with Gasteiger partial charge in [0.1, 0.15) is 0 Å². The molecule has 2 rings (SSSR count). The zero-order chi connectivity index (χ0) is 15.4. The minimum absolute atomic E-state index is 0.0260. The van der Waals surface area contributed by atoms with Crippen LogP contribution in [0.3, 0.4) is 0 Å². The van der Waals surface area contributed by atoms with Gasteiger partial charge in [0.15, 0.2) is 5.78 Å². The maximum absolute atomic E-state index is 12.4. The van der Waals surface area contributed by atoms with Crippen molar-refractivity contribution in [1.82, 2.24) is 0 Å². The number of aryl methyl sites for hydroxylation is 1. The molecule has 0 saturated carbocycles. The van der Waals surface area contributed by atoms with Crippen LogP contribution in [-0.2, 0) is 16.0 Å². The number of benzene rings is 2. The van der Waals surface area contributed by atoms with Crippen LogP contribution in [-0.4, -0.2) is 18.9 Å². The van der Waals surface area contributed by atoms with E-state index in [0.29, 0.717) is 5.56 Å². The molecule has 0 bridgehead atoms. The molecule has 0 radical (unpaired) electrons. The first-order valence-corrected chi connectivity index (χ1v) is 7.19. The van der Waals surface area contributed by atoms with E-state index in [-0.39, 0.29) is 24.1 Å². The van der Waals surface area contributed by atoms with Crippen LogP contribution < -0.4 is 0 Å². The van der Waals surface area contributed by atoms with E-state index in [9.17, 15) is 9.59 Å². The lowest BCUT2D eigenvalue weighted by atomic mass is 9.94. The van der Waals surface area contributed by atoms with Crippen molar-refractivity contribution in [3.63, 3.8) is 0 Å². The maximum atomic E-state index is 12.4. The summed E-state index contributed by atoms with van der Waals surface area (Å²) in [5, 5.41) is 2.18. The molecule has 0 spiro atoms. The summed E-state index contributed by atoms with van der Waals surface area (Å²) >= 11 is 0. The predicted molar refractivity (Wildman–Crippen MR) is 83.5 cm³/mol. The first kappa shape index (κ1) is 15.2. The SMILES string of the molecule is CCc1ccc2cc(C(=O)C(C)CC(=O)OC)ccc2c1. The molecule has 0 aliphatic heterocycles. The Bertz CT molecular complexity index is 673. The molecule has 0 amide bonds. The average Bonchev–Trinajstić information content (AvgIpc) is 2.52. The largest absolute Gasteiger partial charge is 0.469 e. The zero-order valence-corrected chi connectivity index (χ0v) is 12.7. The van der Waals surface area contributed by atoms with Gasteiger partial charge in [0.25, 0.3) is 0 Å². The lowest BCUT2D eigenvalue weighted by molar-refractivity contribution is -0.141. The molecule has 0 heterocycles. The van der Waals surface area contributed by atoms with E-state index in [2.05, 4.69) is 23.8 Å². The molecule has 2 aromatic carbocycles.